The molecule has 1 aliphatic heterocycles. The molecule has 96 valence electrons. The van der Waals surface area contributed by atoms with Crippen molar-refractivity contribution in [2.45, 2.75) is 12.5 Å². The van der Waals surface area contributed by atoms with Crippen molar-refractivity contribution < 1.29 is 14.5 Å². The molecule has 0 radical (unpaired) electrons. The molecule has 2 rings (SSSR count). The van der Waals surface area contributed by atoms with E-state index in [9.17, 15) is 14.9 Å². The highest BCUT2D eigenvalue weighted by Crippen LogP contribution is 2.29. The number of nitrogens with one attached hydrogen (secondary N) is 1. The molecule has 18 heavy (non-hydrogen) atoms. The number of hydrogen-bond donors (Lipinski definition) is 2. The van der Waals surface area contributed by atoms with Gasteiger partial charge in [-0.2, -0.15) is 0 Å². The Bertz CT molecular complexity index is 483. The normalized spacial score (nSPS) is 18.6. The first kappa shape index (κ1) is 12.3. The number of hydrogen-bond acceptors (Lipinski definition) is 5. The third-order valence-corrected chi connectivity index (χ3v) is 2.75. The largest absolute Gasteiger partial charge is 0.482 e. The zero-order valence-corrected chi connectivity index (χ0v) is 9.59. The molecule has 1 heterocycles. The predicted octanol–water partition coefficient (Wildman–Crippen LogP) is 0.434. The summed E-state index contributed by atoms with van der Waals surface area (Å²) in [5.41, 5.74) is 4.94. The summed E-state index contributed by atoms with van der Waals surface area (Å²) in [4.78, 5) is 21.3. The lowest BCUT2D eigenvalue weighted by Gasteiger charge is -2.12. The number of nitrogens with two attached hydrogens (primary N) is 1. The summed E-state index contributed by atoms with van der Waals surface area (Å²) in [6.45, 7) is 1.49. The van der Waals surface area contributed by atoms with Gasteiger partial charge in [0.05, 0.1) is 4.92 Å². The van der Waals surface area contributed by atoms with Gasteiger partial charge in [0, 0.05) is 18.2 Å². The lowest BCUT2D eigenvalue weighted by molar-refractivity contribution is -0.386. The van der Waals surface area contributed by atoms with E-state index in [4.69, 9.17) is 10.5 Å². The first-order valence-electron chi connectivity index (χ1n) is 5.53. The van der Waals surface area contributed by atoms with Gasteiger partial charge in [0.25, 0.3) is 0 Å². The fourth-order valence-corrected chi connectivity index (χ4v) is 1.82. The van der Waals surface area contributed by atoms with Crippen LogP contribution in [0.1, 0.15) is 16.8 Å². The molecule has 1 unspecified atom stereocenters. The number of rotatable bonds is 4. The van der Waals surface area contributed by atoms with Gasteiger partial charge in [0.15, 0.2) is 5.75 Å². The van der Waals surface area contributed by atoms with Crippen molar-refractivity contribution in [3.05, 3.63) is 33.9 Å². The third kappa shape index (κ3) is 2.57. The van der Waals surface area contributed by atoms with Gasteiger partial charge < -0.3 is 15.8 Å². The summed E-state index contributed by atoms with van der Waals surface area (Å²) in [7, 11) is 0. The summed E-state index contributed by atoms with van der Waals surface area (Å²) in [6.07, 6.45) is 0.720. The van der Waals surface area contributed by atoms with Crippen LogP contribution >= 0.6 is 0 Å². The van der Waals surface area contributed by atoms with Crippen LogP contribution in [0.15, 0.2) is 18.2 Å². The monoisotopic (exact) mass is 251 g/mol. The number of nitrogens with zero attached hydrogens (tertiary/aromatic N) is 1. The van der Waals surface area contributed by atoms with Gasteiger partial charge in [-0.25, -0.2) is 0 Å². The van der Waals surface area contributed by atoms with Crippen molar-refractivity contribution in [3.8, 4) is 5.75 Å². The zero-order valence-electron chi connectivity index (χ0n) is 9.59. The molecule has 0 aliphatic carbocycles. The average Bonchev–Trinajstić information content (AvgIpc) is 2.81. The first-order valence-corrected chi connectivity index (χ1v) is 5.53. The zero-order chi connectivity index (χ0) is 13.1. The molecular weight excluding hydrogens is 238 g/mol. The van der Waals surface area contributed by atoms with Crippen LogP contribution < -0.4 is 15.8 Å². The minimum Gasteiger partial charge on any atom is -0.482 e. The van der Waals surface area contributed by atoms with Crippen molar-refractivity contribution in [1.29, 1.82) is 0 Å². The molecule has 7 heteroatoms. The molecular formula is C11H13N3O4. The fourth-order valence-electron chi connectivity index (χ4n) is 1.82. The number of carbonyl (C=O) groups excluding carboxylic acids is 1. The Morgan fingerprint density at radius 1 is 1.56 bits per heavy atom. The smallest absolute Gasteiger partial charge is 0.311 e. The Labute approximate surface area is 103 Å². The number of nitro benzene ring substituents is 1. The molecule has 0 bridgehead atoms. The molecule has 1 aliphatic rings. The molecule has 0 saturated carbocycles. The molecule has 0 spiro atoms. The van der Waals surface area contributed by atoms with E-state index in [2.05, 4.69) is 5.32 Å². The van der Waals surface area contributed by atoms with Crippen LogP contribution in [-0.2, 0) is 0 Å². The summed E-state index contributed by atoms with van der Waals surface area (Å²) in [5.74, 6) is -0.536. The van der Waals surface area contributed by atoms with Crippen molar-refractivity contribution in [1.82, 2.24) is 5.32 Å². The number of ether oxygens (including phenoxy) is 1. The Morgan fingerprint density at radius 3 is 2.89 bits per heavy atom. The Kier molecular flexibility index (Phi) is 3.42. The SMILES string of the molecule is NC(=O)c1ccc(OC2CCNC2)c([N+](=O)[O-])c1. The Balaban J connectivity index is 2.28. The Hall–Kier alpha value is -2.15. The standard InChI is InChI=1S/C11H13N3O4/c12-11(15)7-1-2-10(9(5-7)14(16)17)18-8-3-4-13-6-8/h1-2,5,8,13H,3-4,6H2,(H2,12,15). The van der Waals surface area contributed by atoms with Gasteiger partial charge in [0.1, 0.15) is 6.10 Å². The maximum absolute atomic E-state index is 11.0. The number of amides is 1. The minimum absolute atomic E-state index is 0.0804. The topological polar surface area (TPSA) is 107 Å². The van der Waals surface area contributed by atoms with Gasteiger partial charge in [-0.15, -0.1) is 0 Å². The van der Waals surface area contributed by atoms with E-state index in [0.29, 0.717) is 6.54 Å². The average molecular weight is 251 g/mol. The molecule has 1 amide bonds. The van der Waals surface area contributed by atoms with Crippen LogP contribution in [0.4, 0.5) is 5.69 Å². The molecule has 1 aromatic carbocycles. The van der Waals surface area contributed by atoms with Crippen molar-refractivity contribution >= 4 is 11.6 Å². The second-order valence-electron chi connectivity index (χ2n) is 4.04. The predicted molar refractivity (Wildman–Crippen MR) is 63.5 cm³/mol. The molecule has 0 aromatic heterocycles. The highest BCUT2D eigenvalue weighted by atomic mass is 16.6. The minimum atomic E-state index is -0.702. The number of carbonyl (C=O) groups is 1. The van der Waals surface area contributed by atoms with E-state index in [1.807, 2.05) is 0 Å². The maximum atomic E-state index is 11.0. The number of benzene rings is 1. The third-order valence-electron chi connectivity index (χ3n) is 2.75. The van der Waals surface area contributed by atoms with Crippen LogP contribution in [0.25, 0.3) is 0 Å². The highest BCUT2D eigenvalue weighted by Gasteiger charge is 2.22. The van der Waals surface area contributed by atoms with Crippen LogP contribution in [0.2, 0.25) is 0 Å². The second-order valence-corrected chi connectivity index (χ2v) is 4.04. The van der Waals surface area contributed by atoms with E-state index in [0.717, 1.165) is 19.0 Å². The van der Waals surface area contributed by atoms with Crippen LogP contribution in [0, 0.1) is 10.1 Å². The van der Waals surface area contributed by atoms with Crippen LogP contribution in [0.5, 0.6) is 5.75 Å². The van der Waals surface area contributed by atoms with E-state index >= 15 is 0 Å². The second kappa shape index (κ2) is 5.01. The van der Waals surface area contributed by atoms with Gasteiger partial charge in [-0.05, 0) is 25.1 Å². The van der Waals surface area contributed by atoms with Crippen molar-refractivity contribution in [2.24, 2.45) is 5.73 Å². The van der Waals surface area contributed by atoms with Gasteiger partial charge in [0.2, 0.25) is 5.91 Å². The lowest BCUT2D eigenvalue weighted by atomic mass is 10.2. The quantitative estimate of drug-likeness (QED) is 0.596. The van der Waals surface area contributed by atoms with E-state index in [1.54, 1.807) is 0 Å². The number of primary amides is 1. The summed E-state index contributed by atoms with van der Waals surface area (Å²) in [6, 6.07) is 3.98. The van der Waals surface area contributed by atoms with E-state index in [1.165, 1.54) is 12.1 Å². The molecule has 3 N–H and O–H groups in total. The lowest BCUT2D eigenvalue weighted by Crippen LogP contribution is -2.20. The van der Waals surface area contributed by atoms with Crippen LogP contribution in [-0.4, -0.2) is 30.0 Å². The molecule has 7 nitrogen and oxygen atoms in total. The van der Waals surface area contributed by atoms with Crippen molar-refractivity contribution in [2.75, 3.05) is 13.1 Å². The summed E-state index contributed by atoms with van der Waals surface area (Å²) >= 11 is 0. The molecule has 1 saturated heterocycles. The van der Waals surface area contributed by atoms with Crippen LogP contribution in [0.3, 0.4) is 0 Å². The molecule has 1 fully saturated rings. The fraction of sp³-hybridized carbons (Fsp3) is 0.364. The Morgan fingerprint density at radius 2 is 2.33 bits per heavy atom. The molecule has 1 atom stereocenters. The van der Waals surface area contributed by atoms with Gasteiger partial charge in [-0.1, -0.05) is 0 Å². The van der Waals surface area contributed by atoms with E-state index < -0.39 is 10.8 Å². The van der Waals surface area contributed by atoms with Crippen molar-refractivity contribution in [3.63, 3.8) is 0 Å². The van der Waals surface area contributed by atoms with Gasteiger partial charge >= 0.3 is 5.69 Å². The maximum Gasteiger partial charge on any atom is 0.311 e. The first-order chi connectivity index (χ1) is 8.58. The van der Waals surface area contributed by atoms with Gasteiger partial charge in [-0.3, -0.25) is 14.9 Å². The summed E-state index contributed by atoms with van der Waals surface area (Å²) in [5, 5.41) is 14.0. The number of nitro groups is 1. The highest BCUT2D eigenvalue weighted by molar-refractivity contribution is 5.93. The molecule has 1 aromatic rings. The van der Waals surface area contributed by atoms with E-state index in [-0.39, 0.29) is 23.1 Å². The summed E-state index contributed by atoms with van der Waals surface area (Å²) < 4.78 is 5.55.